The molecule has 3 N–H and O–H groups in total. The number of phenols is 1. The molecule has 0 atom stereocenters. The average Bonchev–Trinajstić information content (AvgIpc) is 2.94. The molecule has 0 fully saturated rings. The largest absolute Gasteiger partial charge is 0.508 e. The first-order valence-corrected chi connectivity index (χ1v) is 9.48. The lowest BCUT2D eigenvalue weighted by Gasteiger charge is -2.14. The quantitative estimate of drug-likeness (QED) is 0.645. The number of anilines is 1. The molecule has 0 radical (unpaired) electrons. The van der Waals surface area contributed by atoms with E-state index in [1.807, 2.05) is 0 Å². The van der Waals surface area contributed by atoms with Crippen LogP contribution in [0.15, 0.2) is 41.3 Å². The van der Waals surface area contributed by atoms with Crippen molar-refractivity contribution in [1.29, 1.82) is 0 Å². The van der Waals surface area contributed by atoms with Gasteiger partial charge in [0.15, 0.2) is 9.84 Å². The summed E-state index contributed by atoms with van der Waals surface area (Å²) in [5.41, 5.74) is 0.678. The summed E-state index contributed by atoms with van der Waals surface area (Å²) in [7, 11) is -5.39. The van der Waals surface area contributed by atoms with Crippen LogP contribution in [-0.4, -0.2) is 37.8 Å². The Morgan fingerprint density at radius 2 is 1.93 bits per heavy atom. The van der Waals surface area contributed by atoms with Crippen LogP contribution in [-0.2, 0) is 31.6 Å². The van der Waals surface area contributed by atoms with Gasteiger partial charge in [0.05, 0.1) is 22.9 Å². The minimum absolute atomic E-state index is 0.176. The van der Waals surface area contributed by atoms with Crippen molar-refractivity contribution in [3.8, 4) is 5.75 Å². The Morgan fingerprint density at radius 1 is 1.21 bits per heavy atom. The number of hydrogen-bond donors (Lipinski definition) is 3. The maximum atomic E-state index is 12.7. The summed E-state index contributed by atoms with van der Waals surface area (Å²) >= 11 is 0. The molecular formula is C16H13BF3NO6S. The number of amides is 1. The zero-order valence-electron chi connectivity index (χ0n) is 14.0. The van der Waals surface area contributed by atoms with Crippen LogP contribution in [0.3, 0.4) is 0 Å². The summed E-state index contributed by atoms with van der Waals surface area (Å²) < 4.78 is 68.0. The number of aromatic hydroxyl groups is 1. The first kappa shape index (κ1) is 20.2. The van der Waals surface area contributed by atoms with Crippen LogP contribution in [0.25, 0.3) is 0 Å². The molecule has 0 saturated heterocycles. The third-order valence-electron chi connectivity index (χ3n) is 4.03. The molecule has 0 saturated carbocycles. The molecule has 7 nitrogen and oxygen atoms in total. The van der Waals surface area contributed by atoms with Gasteiger partial charge in [-0.2, -0.15) is 13.2 Å². The number of rotatable bonds is 4. The number of fused-ring (bicyclic) bond motifs is 1. The van der Waals surface area contributed by atoms with Crippen molar-refractivity contribution in [2.45, 2.75) is 23.4 Å². The van der Waals surface area contributed by atoms with Gasteiger partial charge in [-0.05, 0) is 28.7 Å². The number of phenolic OH excluding ortho intramolecular Hbond substituents is 1. The van der Waals surface area contributed by atoms with E-state index in [4.69, 9.17) is 4.65 Å². The van der Waals surface area contributed by atoms with Gasteiger partial charge >= 0.3 is 19.2 Å². The number of benzene rings is 2. The minimum Gasteiger partial charge on any atom is -0.508 e. The number of nitrogens with one attached hydrogen (secondary N) is 1. The van der Waals surface area contributed by atoms with Gasteiger partial charge in [0, 0.05) is 6.07 Å². The van der Waals surface area contributed by atoms with Crippen LogP contribution >= 0.6 is 0 Å². The maximum absolute atomic E-state index is 12.7. The Kier molecular flexibility index (Phi) is 5.13. The van der Waals surface area contributed by atoms with Gasteiger partial charge < -0.3 is 20.1 Å². The standard InChI is InChI=1S/C16H13BF3NO6S/c18-16(19,20)15(23)21-13-6-11(22)3-4-14(13)28(25,26)8-9-1-2-10-7-27-17(24)12(10)5-9/h1-6,22,24H,7-8H2,(H,21,23). The van der Waals surface area contributed by atoms with Crippen LogP contribution in [0.5, 0.6) is 5.75 Å². The van der Waals surface area contributed by atoms with E-state index in [-0.39, 0.29) is 12.2 Å². The number of hydrogen-bond acceptors (Lipinski definition) is 6. The van der Waals surface area contributed by atoms with Crippen LogP contribution < -0.4 is 10.8 Å². The van der Waals surface area contributed by atoms with Crippen LogP contribution in [0, 0.1) is 0 Å². The van der Waals surface area contributed by atoms with Gasteiger partial charge in [0.1, 0.15) is 5.75 Å². The Hall–Kier alpha value is -2.57. The number of carbonyl (C=O) groups excluding carboxylic acids is 1. The third-order valence-corrected chi connectivity index (χ3v) is 5.77. The SMILES string of the molecule is O=C(Nc1cc(O)ccc1S(=O)(=O)Cc1ccc2c(c1)B(O)OC2)C(F)(F)F. The lowest BCUT2D eigenvalue weighted by molar-refractivity contribution is -0.167. The van der Waals surface area contributed by atoms with Gasteiger partial charge in [-0.3, -0.25) is 4.79 Å². The maximum Gasteiger partial charge on any atom is 0.491 e. The average molecular weight is 415 g/mol. The van der Waals surface area contributed by atoms with Gasteiger partial charge in [-0.25, -0.2) is 8.42 Å². The van der Waals surface area contributed by atoms with Crippen molar-refractivity contribution < 1.29 is 41.2 Å². The Bertz CT molecular complexity index is 1040. The number of carbonyl (C=O) groups is 1. The highest BCUT2D eigenvalue weighted by Gasteiger charge is 2.39. The van der Waals surface area contributed by atoms with Crippen molar-refractivity contribution in [3.63, 3.8) is 0 Å². The molecular weight excluding hydrogens is 402 g/mol. The molecule has 1 aliphatic heterocycles. The highest BCUT2D eigenvalue weighted by atomic mass is 32.2. The fraction of sp³-hybridized carbons (Fsp3) is 0.188. The van der Waals surface area contributed by atoms with E-state index in [0.717, 1.165) is 18.2 Å². The van der Waals surface area contributed by atoms with Crippen molar-refractivity contribution in [3.05, 3.63) is 47.5 Å². The summed E-state index contributed by atoms with van der Waals surface area (Å²) in [6, 6.07) is 7.11. The molecule has 2 aromatic carbocycles. The van der Waals surface area contributed by atoms with Crippen LogP contribution in [0.1, 0.15) is 11.1 Å². The fourth-order valence-electron chi connectivity index (χ4n) is 2.73. The molecule has 12 heteroatoms. The molecule has 1 heterocycles. The normalized spacial score (nSPS) is 14.1. The van der Waals surface area contributed by atoms with Crippen LogP contribution in [0.4, 0.5) is 18.9 Å². The predicted molar refractivity (Wildman–Crippen MR) is 92.5 cm³/mol. The predicted octanol–water partition coefficient (Wildman–Crippen LogP) is 1.08. The molecule has 2 aromatic rings. The minimum atomic E-state index is -5.23. The smallest absolute Gasteiger partial charge is 0.491 e. The molecule has 148 valence electrons. The summed E-state index contributed by atoms with van der Waals surface area (Å²) in [6.45, 7) is 0.176. The Labute approximate surface area is 157 Å². The van der Waals surface area contributed by atoms with Gasteiger partial charge in [0.2, 0.25) is 0 Å². The third kappa shape index (κ3) is 4.13. The second-order valence-electron chi connectivity index (χ2n) is 6.09. The van der Waals surface area contributed by atoms with E-state index in [1.54, 1.807) is 6.07 Å². The number of sulfone groups is 1. The lowest BCUT2D eigenvalue weighted by Crippen LogP contribution is -2.30. The molecule has 1 aliphatic rings. The molecule has 0 bridgehead atoms. The van der Waals surface area contributed by atoms with Crippen molar-refractivity contribution in [2.75, 3.05) is 5.32 Å². The highest BCUT2D eigenvalue weighted by molar-refractivity contribution is 7.90. The summed E-state index contributed by atoms with van der Waals surface area (Å²) in [5, 5.41) is 20.7. The van der Waals surface area contributed by atoms with E-state index in [0.29, 0.717) is 11.0 Å². The van der Waals surface area contributed by atoms with E-state index in [2.05, 4.69) is 0 Å². The summed E-state index contributed by atoms with van der Waals surface area (Å²) in [5.74, 6) is -3.49. The topological polar surface area (TPSA) is 113 Å². The van der Waals surface area contributed by atoms with Gasteiger partial charge in [0.25, 0.3) is 0 Å². The van der Waals surface area contributed by atoms with Gasteiger partial charge in [-0.15, -0.1) is 0 Å². The van der Waals surface area contributed by atoms with E-state index in [1.165, 1.54) is 17.4 Å². The first-order chi connectivity index (χ1) is 13.0. The lowest BCUT2D eigenvalue weighted by atomic mass is 9.79. The number of halogens is 3. The molecule has 0 unspecified atom stereocenters. The molecule has 0 aliphatic carbocycles. The van der Waals surface area contributed by atoms with Gasteiger partial charge in [-0.1, -0.05) is 18.2 Å². The summed E-state index contributed by atoms with van der Waals surface area (Å²) in [4.78, 5) is 10.6. The Balaban J connectivity index is 1.94. The second-order valence-corrected chi connectivity index (χ2v) is 8.05. The van der Waals surface area contributed by atoms with E-state index in [9.17, 15) is 36.5 Å². The van der Waals surface area contributed by atoms with Crippen molar-refractivity contribution in [1.82, 2.24) is 0 Å². The molecule has 1 amide bonds. The molecule has 0 spiro atoms. The second kappa shape index (κ2) is 7.11. The van der Waals surface area contributed by atoms with Crippen molar-refractivity contribution in [2.24, 2.45) is 0 Å². The molecule has 3 rings (SSSR count). The number of alkyl halides is 3. The molecule has 28 heavy (non-hydrogen) atoms. The monoisotopic (exact) mass is 415 g/mol. The van der Waals surface area contributed by atoms with Crippen molar-refractivity contribution >= 4 is 34.0 Å². The zero-order chi connectivity index (χ0) is 20.7. The van der Waals surface area contributed by atoms with E-state index >= 15 is 0 Å². The van der Waals surface area contributed by atoms with Crippen LogP contribution in [0.2, 0.25) is 0 Å². The zero-order valence-corrected chi connectivity index (χ0v) is 14.8. The molecule has 0 aromatic heterocycles. The highest BCUT2D eigenvalue weighted by Crippen LogP contribution is 2.30. The fourth-order valence-corrected chi connectivity index (χ4v) is 4.23. The Morgan fingerprint density at radius 3 is 2.61 bits per heavy atom. The summed E-state index contributed by atoms with van der Waals surface area (Å²) in [6.07, 6.45) is -5.23. The van der Waals surface area contributed by atoms with E-state index < -0.39 is 51.1 Å². The first-order valence-electron chi connectivity index (χ1n) is 7.83.